The van der Waals surface area contributed by atoms with Gasteiger partial charge in [-0.2, -0.15) is 0 Å². The molecule has 0 aliphatic heterocycles. The van der Waals surface area contributed by atoms with Crippen molar-refractivity contribution in [3.8, 4) is 5.75 Å². The first kappa shape index (κ1) is 19.3. The van der Waals surface area contributed by atoms with Gasteiger partial charge in [-0.25, -0.2) is 0 Å². The highest BCUT2D eigenvalue weighted by Crippen LogP contribution is 2.32. The van der Waals surface area contributed by atoms with Crippen molar-refractivity contribution in [1.82, 2.24) is 4.90 Å². The third kappa shape index (κ3) is 5.21. The standard InChI is InChI=1S/C20H30N2O3/c1-4-5-14-22(2)20(24)16-12-10-15(11-13-16)19(23)21-17-8-6-7-9-18(17)25-3/h6-9,15-16H,4-5,10-14H2,1-3H3,(H,21,23). The van der Waals surface area contributed by atoms with E-state index in [1.165, 1.54) is 0 Å². The first-order valence-corrected chi connectivity index (χ1v) is 9.25. The van der Waals surface area contributed by atoms with Crippen LogP contribution in [-0.4, -0.2) is 37.4 Å². The van der Waals surface area contributed by atoms with Crippen LogP contribution in [0.25, 0.3) is 0 Å². The fourth-order valence-electron chi connectivity index (χ4n) is 3.40. The molecule has 2 amide bonds. The van der Waals surface area contributed by atoms with Crippen molar-refractivity contribution < 1.29 is 14.3 Å². The Balaban J connectivity index is 1.85. The van der Waals surface area contributed by atoms with E-state index in [0.29, 0.717) is 11.4 Å². The molecule has 1 aromatic rings. The molecule has 0 spiro atoms. The number of hydrogen-bond acceptors (Lipinski definition) is 3. The van der Waals surface area contributed by atoms with Crippen LogP contribution >= 0.6 is 0 Å². The number of ether oxygens (including phenoxy) is 1. The van der Waals surface area contributed by atoms with Crippen molar-refractivity contribution in [2.45, 2.75) is 45.4 Å². The van der Waals surface area contributed by atoms with E-state index in [-0.39, 0.29) is 23.7 Å². The molecule has 1 aliphatic carbocycles. The van der Waals surface area contributed by atoms with Gasteiger partial charge < -0.3 is 15.0 Å². The maximum Gasteiger partial charge on any atom is 0.227 e. The molecule has 5 heteroatoms. The molecule has 1 aromatic carbocycles. The number of nitrogens with one attached hydrogen (secondary N) is 1. The largest absolute Gasteiger partial charge is 0.495 e. The zero-order valence-electron chi connectivity index (χ0n) is 15.6. The molecule has 2 rings (SSSR count). The molecule has 5 nitrogen and oxygen atoms in total. The lowest BCUT2D eigenvalue weighted by atomic mass is 9.81. The third-order valence-electron chi connectivity index (χ3n) is 5.04. The van der Waals surface area contributed by atoms with Crippen molar-refractivity contribution in [2.75, 3.05) is 26.0 Å². The van der Waals surface area contributed by atoms with Gasteiger partial charge in [0.1, 0.15) is 5.75 Å². The molecule has 0 bridgehead atoms. The van der Waals surface area contributed by atoms with Gasteiger partial charge in [-0.1, -0.05) is 25.5 Å². The molecule has 25 heavy (non-hydrogen) atoms. The lowest BCUT2D eigenvalue weighted by molar-refractivity contribution is -0.136. The average Bonchev–Trinajstić information content (AvgIpc) is 2.66. The molecule has 1 aliphatic rings. The number of anilines is 1. The Morgan fingerprint density at radius 2 is 1.80 bits per heavy atom. The predicted molar refractivity (Wildman–Crippen MR) is 99.6 cm³/mol. The Labute approximate surface area is 150 Å². The number of carbonyl (C=O) groups excluding carboxylic acids is 2. The molecule has 0 heterocycles. The lowest BCUT2D eigenvalue weighted by Gasteiger charge is -2.30. The first-order chi connectivity index (χ1) is 12.1. The van der Waals surface area contributed by atoms with Crippen molar-refractivity contribution in [3.05, 3.63) is 24.3 Å². The van der Waals surface area contributed by atoms with Gasteiger partial charge in [-0.3, -0.25) is 9.59 Å². The highest BCUT2D eigenvalue weighted by molar-refractivity contribution is 5.94. The number of hydrogen-bond donors (Lipinski definition) is 1. The maximum atomic E-state index is 12.5. The average molecular weight is 346 g/mol. The van der Waals surface area contributed by atoms with Gasteiger partial charge in [0, 0.05) is 25.4 Å². The zero-order valence-corrected chi connectivity index (χ0v) is 15.6. The van der Waals surface area contributed by atoms with Crippen molar-refractivity contribution in [2.24, 2.45) is 11.8 Å². The highest BCUT2D eigenvalue weighted by atomic mass is 16.5. The maximum absolute atomic E-state index is 12.5. The summed E-state index contributed by atoms with van der Waals surface area (Å²) in [6, 6.07) is 7.42. The number of nitrogens with zero attached hydrogens (tertiary/aromatic N) is 1. The molecule has 0 saturated heterocycles. The van der Waals surface area contributed by atoms with E-state index in [0.717, 1.165) is 45.1 Å². The number of rotatable bonds is 7. The van der Waals surface area contributed by atoms with Crippen LogP contribution in [0.3, 0.4) is 0 Å². The summed E-state index contributed by atoms with van der Waals surface area (Å²) in [6.45, 7) is 2.95. The summed E-state index contributed by atoms with van der Waals surface area (Å²) < 4.78 is 5.28. The number of unbranched alkanes of at least 4 members (excludes halogenated alkanes) is 1. The van der Waals surface area contributed by atoms with E-state index in [2.05, 4.69) is 12.2 Å². The molecule has 0 radical (unpaired) electrons. The minimum Gasteiger partial charge on any atom is -0.495 e. The summed E-state index contributed by atoms with van der Waals surface area (Å²) in [5.41, 5.74) is 0.701. The quantitative estimate of drug-likeness (QED) is 0.819. The normalized spacial score (nSPS) is 20.0. The fraction of sp³-hybridized carbons (Fsp3) is 0.600. The van der Waals surface area contributed by atoms with Crippen LogP contribution in [0.1, 0.15) is 45.4 Å². The Morgan fingerprint density at radius 3 is 2.44 bits per heavy atom. The third-order valence-corrected chi connectivity index (χ3v) is 5.04. The topological polar surface area (TPSA) is 58.6 Å². The van der Waals surface area contributed by atoms with Crippen LogP contribution < -0.4 is 10.1 Å². The van der Waals surface area contributed by atoms with E-state index < -0.39 is 0 Å². The minimum absolute atomic E-state index is 0.0229. The second kappa shape index (κ2) is 9.44. The molecular formula is C20H30N2O3. The van der Waals surface area contributed by atoms with E-state index in [4.69, 9.17) is 4.74 Å². The van der Waals surface area contributed by atoms with Crippen molar-refractivity contribution in [3.63, 3.8) is 0 Å². The van der Waals surface area contributed by atoms with Gasteiger partial charge in [-0.05, 0) is 44.2 Å². The lowest BCUT2D eigenvalue weighted by Crippen LogP contribution is -2.37. The van der Waals surface area contributed by atoms with E-state index in [1.54, 1.807) is 7.11 Å². The monoisotopic (exact) mass is 346 g/mol. The van der Waals surface area contributed by atoms with Gasteiger partial charge in [-0.15, -0.1) is 0 Å². The number of benzene rings is 1. The van der Waals surface area contributed by atoms with Crippen LogP contribution in [0, 0.1) is 11.8 Å². The first-order valence-electron chi connectivity index (χ1n) is 9.25. The van der Waals surface area contributed by atoms with Crippen LogP contribution in [0.2, 0.25) is 0 Å². The predicted octanol–water partition coefficient (Wildman–Crippen LogP) is 3.70. The van der Waals surface area contributed by atoms with Gasteiger partial charge in [0.05, 0.1) is 12.8 Å². The molecule has 1 N–H and O–H groups in total. The summed E-state index contributed by atoms with van der Waals surface area (Å²) in [6.07, 6.45) is 5.24. The van der Waals surface area contributed by atoms with E-state index in [1.807, 2.05) is 36.2 Å². The molecular weight excluding hydrogens is 316 g/mol. The fourth-order valence-corrected chi connectivity index (χ4v) is 3.40. The molecule has 0 atom stereocenters. The van der Waals surface area contributed by atoms with Crippen LogP contribution in [0.5, 0.6) is 5.75 Å². The molecule has 1 fully saturated rings. The van der Waals surface area contributed by atoms with Gasteiger partial charge in [0.15, 0.2) is 0 Å². The summed E-state index contributed by atoms with van der Waals surface area (Å²) in [4.78, 5) is 26.8. The Bertz CT molecular complexity index is 580. The molecule has 138 valence electrons. The highest BCUT2D eigenvalue weighted by Gasteiger charge is 2.31. The number of methoxy groups -OCH3 is 1. The van der Waals surface area contributed by atoms with Crippen molar-refractivity contribution in [1.29, 1.82) is 0 Å². The second-order valence-corrected chi connectivity index (χ2v) is 6.85. The SMILES string of the molecule is CCCCN(C)C(=O)C1CCC(C(=O)Nc2ccccc2OC)CC1. The summed E-state index contributed by atoms with van der Waals surface area (Å²) in [5.74, 6) is 0.955. The van der Waals surface area contributed by atoms with E-state index >= 15 is 0 Å². The number of amides is 2. The minimum atomic E-state index is -0.0325. The Morgan fingerprint density at radius 1 is 1.16 bits per heavy atom. The van der Waals surface area contributed by atoms with Crippen LogP contribution in [0.4, 0.5) is 5.69 Å². The number of para-hydroxylation sites is 2. The van der Waals surface area contributed by atoms with Gasteiger partial charge in [0.2, 0.25) is 11.8 Å². The van der Waals surface area contributed by atoms with Gasteiger partial charge >= 0.3 is 0 Å². The Hall–Kier alpha value is -2.04. The molecule has 1 saturated carbocycles. The molecule has 0 aromatic heterocycles. The second-order valence-electron chi connectivity index (χ2n) is 6.85. The van der Waals surface area contributed by atoms with Crippen LogP contribution in [0.15, 0.2) is 24.3 Å². The van der Waals surface area contributed by atoms with Crippen molar-refractivity contribution >= 4 is 17.5 Å². The summed E-state index contributed by atoms with van der Waals surface area (Å²) in [7, 11) is 3.48. The van der Waals surface area contributed by atoms with E-state index in [9.17, 15) is 9.59 Å². The Kier molecular flexibility index (Phi) is 7.29. The number of carbonyl (C=O) groups is 2. The summed E-state index contributed by atoms with van der Waals surface area (Å²) in [5, 5.41) is 2.97. The molecule has 0 unspecified atom stereocenters. The van der Waals surface area contributed by atoms with Crippen LogP contribution in [-0.2, 0) is 9.59 Å². The summed E-state index contributed by atoms with van der Waals surface area (Å²) >= 11 is 0. The van der Waals surface area contributed by atoms with Gasteiger partial charge in [0.25, 0.3) is 0 Å². The smallest absolute Gasteiger partial charge is 0.227 e. The zero-order chi connectivity index (χ0) is 18.2.